The van der Waals surface area contributed by atoms with Crippen LogP contribution in [0.4, 0.5) is 4.79 Å². The molecule has 2 saturated heterocycles. The number of esters is 1. The normalized spacial score (nSPS) is 22.5. The zero-order valence-electron chi connectivity index (χ0n) is 46.2. The van der Waals surface area contributed by atoms with Crippen molar-refractivity contribution in [3.8, 4) is 0 Å². The van der Waals surface area contributed by atoms with E-state index in [1.54, 1.807) is 0 Å². The molecule has 82 heavy (non-hydrogen) atoms. The second kappa shape index (κ2) is 32.5. The quantitative estimate of drug-likeness (QED) is 0.0335. The summed E-state index contributed by atoms with van der Waals surface area (Å²) in [7, 11) is 0. The van der Waals surface area contributed by atoms with Crippen LogP contribution in [0.1, 0.15) is 52.3 Å². The van der Waals surface area contributed by atoms with E-state index in [1.165, 1.54) is 6.92 Å². The number of benzene rings is 7. The molecule has 0 aromatic heterocycles. The molecule has 0 saturated carbocycles. The Morgan fingerprint density at radius 3 is 1.12 bits per heavy atom. The van der Waals surface area contributed by atoms with E-state index in [0.717, 1.165) is 38.9 Å². The van der Waals surface area contributed by atoms with Gasteiger partial charge < -0.3 is 62.2 Å². The highest BCUT2D eigenvalue weighted by atomic mass is 16.8. The van der Waals surface area contributed by atoms with Crippen molar-refractivity contribution in [2.75, 3.05) is 26.4 Å². The molecule has 430 valence electrons. The molecule has 2 heterocycles. The molecule has 9 rings (SSSR count). The fourth-order valence-electron chi connectivity index (χ4n) is 9.70. The summed E-state index contributed by atoms with van der Waals surface area (Å²) in [6.07, 6.45) is -10.4. The number of amides is 1. The minimum absolute atomic E-state index is 0.0334. The summed E-state index contributed by atoms with van der Waals surface area (Å²) in [4.78, 5) is 26.4. The van der Waals surface area contributed by atoms with Crippen LogP contribution in [0.15, 0.2) is 212 Å². The zero-order valence-corrected chi connectivity index (χ0v) is 46.2. The van der Waals surface area contributed by atoms with Crippen molar-refractivity contribution in [3.05, 3.63) is 251 Å². The second-order valence-corrected chi connectivity index (χ2v) is 20.0. The first-order valence-electron chi connectivity index (χ1n) is 28.0. The fraction of sp³-hybridized carbons (Fsp3) is 0.343. The van der Waals surface area contributed by atoms with Crippen LogP contribution in [-0.2, 0) is 108 Å². The number of nitrogens with one attached hydrogen (secondary N) is 1. The Morgan fingerprint density at radius 1 is 0.390 bits per heavy atom. The molecule has 0 unspecified atom stereocenters. The molecule has 0 radical (unpaired) electrons. The molecule has 1 amide bonds. The van der Waals surface area contributed by atoms with Crippen molar-refractivity contribution in [1.29, 1.82) is 0 Å². The van der Waals surface area contributed by atoms with Gasteiger partial charge in [-0.05, 0) is 45.4 Å². The molecule has 10 atom stereocenters. The van der Waals surface area contributed by atoms with Crippen LogP contribution < -0.4 is 5.32 Å². The lowest BCUT2D eigenvalue weighted by molar-refractivity contribution is -0.380. The third kappa shape index (κ3) is 18.7. The number of alkyl carbamates (subject to hydrolysis) is 1. The molecule has 2 aliphatic rings. The minimum atomic E-state index is -1.36. The first-order valence-corrected chi connectivity index (χ1v) is 28.0. The van der Waals surface area contributed by atoms with Crippen LogP contribution in [0.3, 0.4) is 0 Å². The van der Waals surface area contributed by atoms with Crippen LogP contribution in [0.25, 0.3) is 0 Å². The number of carbonyl (C=O) groups is 2. The van der Waals surface area contributed by atoms with Crippen molar-refractivity contribution in [3.63, 3.8) is 0 Å². The van der Waals surface area contributed by atoms with Gasteiger partial charge in [-0.25, -0.2) is 4.79 Å². The maximum Gasteiger partial charge on any atom is 0.407 e. The Balaban J connectivity index is 1.07. The average Bonchev–Trinajstić information content (AvgIpc) is 3.61. The van der Waals surface area contributed by atoms with Gasteiger partial charge in [-0.15, -0.1) is 0 Å². The van der Waals surface area contributed by atoms with Gasteiger partial charge in [0.25, 0.3) is 0 Å². The first kappa shape index (κ1) is 59.5. The molecule has 15 heteroatoms. The molecule has 2 aliphatic heterocycles. The summed E-state index contributed by atoms with van der Waals surface area (Å²) < 4.78 is 80.8. The highest BCUT2D eigenvalue weighted by molar-refractivity contribution is 5.67. The molecule has 2 fully saturated rings. The van der Waals surface area contributed by atoms with Crippen LogP contribution in [0.5, 0.6) is 0 Å². The molecule has 7 aromatic carbocycles. The van der Waals surface area contributed by atoms with E-state index in [4.69, 9.17) is 56.8 Å². The van der Waals surface area contributed by atoms with Gasteiger partial charge in [0.05, 0.1) is 59.5 Å². The Labute approximate surface area is 480 Å². The van der Waals surface area contributed by atoms with E-state index in [2.05, 4.69) is 5.32 Å². The van der Waals surface area contributed by atoms with Crippen LogP contribution in [0, 0.1) is 0 Å². The second-order valence-electron chi connectivity index (χ2n) is 20.0. The number of carbonyl (C=O) groups excluding carboxylic acids is 2. The van der Waals surface area contributed by atoms with Gasteiger partial charge in [0.1, 0.15) is 49.3 Å². The minimum Gasteiger partial charge on any atom is -0.454 e. The van der Waals surface area contributed by atoms with Crippen LogP contribution in [0.2, 0.25) is 0 Å². The standard InChI is InChI=1S/C67H73NO14/c1-49(69)79-64-62(77-45-55-34-19-7-20-35-55)60(75-43-53-30-15-5-16-31-53)58(48-72-41-51-26-11-3-12-27-51)81-66(64)82-63-61(76-44-54-32-17-6-18-33-54)59(74-42-52-28-13-4-14-29-52)57(47-71-40-50-24-9-2-10-25-50)80-65(63)73-39-23-38-68-67(70)78-46-56-36-21-8-22-37-56/h2-22,24-37,57-66H,23,38-48H2,1H3,(H,68,70)/t57-,58-,59-,60-,61+,62+,63+,64+,65+,66-/m1/s1. The van der Waals surface area contributed by atoms with E-state index in [9.17, 15) is 9.59 Å². The smallest absolute Gasteiger partial charge is 0.407 e. The predicted molar refractivity (Wildman–Crippen MR) is 305 cm³/mol. The maximum atomic E-state index is 13.5. The van der Waals surface area contributed by atoms with Gasteiger partial charge >= 0.3 is 12.1 Å². The van der Waals surface area contributed by atoms with E-state index >= 15 is 0 Å². The number of ether oxygens (including phenoxy) is 12. The number of hydrogen-bond acceptors (Lipinski definition) is 14. The van der Waals surface area contributed by atoms with Crippen molar-refractivity contribution in [2.24, 2.45) is 0 Å². The molecule has 0 bridgehead atoms. The third-order valence-corrected chi connectivity index (χ3v) is 13.8. The lowest BCUT2D eigenvalue weighted by Gasteiger charge is -2.50. The van der Waals surface area contributed by atoms with E-state index in [0.29, 0.717) is 13.0 Å². The molecular formula is C67H73NO14. The summed E-state index contributed by atoms with van der Waals surface area (Å²) in [5.74, 6) is -0.602. The molecular weight excluding hydrogens is 1040 g/mol. The van der Waals surface area contributed by atoms with Crippen molar-refractivity contribution in [2.45, 2.75) is 121 Å². The Morgan fingerprint density at radius 2 is 0.732 bits per heavy atom. The van der Waals surface area contributed by atoms with Crippen molar-refractivity contribution >= 4 is 12.1 Å². The van der Waals surface area contributed by atoms with Crippen molar-refractivity contribution < 1.29 is 66.4 Å². The molecule has 0 aliphatic carbocycles. The summed E-state index contributed by atoms with van der Waals surface area (Å²) in [6, 6.07) is 68.3. The highest BCUT2D eigenvalue weighted by Gasteiger charge is 2.55. The van der Waals surface area contributed by atoms with Gasteiger partial charge in [-0.3, -0.25) is 4.79 Å². The van der Waals surface area contributed by atoms with E-state index < -0.39 is 73.5 Å². The fourth-order valence-corrected chi connectivity index (χ4v) is 9.70. The number of hydrogen-bond donors (Lipinski definition) is 1. The SMILES string of the molecule is CC(=O)O[C@@H]1[C@@H](O[C@@H]2[C@@H](OCCCNC(=O)OCc3ccccc3)O[C@H](COCc3ccccc3)[C@@H](OCc3ccccc3)[C@@H]2OCc2ccccc2)O[C@H](COCc2ccccc2)[C@@H](OCc2ccccc2)[C@@H]1OCc1ccccc1. The first-order chi connectivity index (χ1) is 40.4. The van der Waals surface area contributed by atoms with Crippen molar-refractivity contribution in [1.82, 2.24) is 5.32 Å². The largest absolute Gasteiger partial charge is 0.454 e. The third-order valence-electron chi connectivity index (χ3n) is 13.8. The zero-order chi connectivity index (χ0) is 56.4. The molecule has 1 N–H and O–H groups in total. The monoisotopic (exact) mass is 1120 g/mol. The van der Waals surface area contributed by atoms with Gasteiger partial charge in [0.15, 0.2) is 18.7 Å². The van der Waals surface area contributed by atoms with Gasteiger partial charge in [-0.1, -0.05) is 212 Å². The topological polar surface area (TPSA) is 157 Å². The van der Waals surface area contributed by atoms with Gasteiger partial charge in [-0.2, -0.15) is 0 Å². The average molecular weight is 1120 g/mol. The summed E-state index contributed by atoms with van der Waals surface area (Å²) in [6.45, 7) is 3.10. The Hall–Kier alpha value is -7.12. The molecule has 0 spiro atoms. The lowest BCUT2D eigenvalue weighted by atomic mass is 9.96. The van der Waals surface area contributed by atoms with Gasteiger partial charge in [0, 0.05) is 13.5 Å². The predicted octanol–water partition coefficient (Wildman–Crippen LogP) is 10.9. The van der Waals surface area contributed by atoms with Crippen LogP contribution >= 0.6 is 0 Å². The number of rotatable bonds is 30. The summed E-state index contributed by atoms with van der Waals surface area (Å²) in [5, 5.41) is 2.83. The van der Waals surface area contributed by atoms with Gasteiger partial charge in [0.2, 0.25) is 0 Å². The van der Waals surface area contributed by atoms with E-state index in [-0.39, 0.29) is 66.0 Å². The molecule has 7 aromatic rings. The Bertz CT molecular complexity index is 2880. The summed E-state index contributed by atoms with van der Waals surface area (Å²) in [5.41, 5.74) is 6.41. The highest BCUT2D eigenvalue weighted by Crippen LogP contribution is 2.37. The lowest BCUT2D eigenvalue weighted by Crippen LogP contribution is -2.66. The summed E-state index contributed by atoms with van der Waals surface area (Å²) >= 11 is 0. The van der Waals surface area contributed by atoms with E-state index in [1.807, 2.05) is 212 Å². The molecule has 15 nitrogen and oxygen atoms in total. The van der Waals surface area contributed by atoms with Crippen LogP contribution in [-0.4, -0.2) is 99.8 Å². The maximum absolute atomic E-state index is 13.5. The Kier molecular flexibility index (Phi) is 23.6.